The Balaban J connectivity index is 1.70. The standard InChI is InChI=1S/C17H18N2O5S/c1-23-15-6-11(16(20)19-5-4-12(7-19)17(21)22)2-3-14(15)24-8-13-9-25-10-18-13/h2-3,6,9-10,12H,4-5,7-8H2,1H3,(H,21,22). The molecular weight excluding hydrogens is 344 g/mol. The van der Waals surface area contributed by atoms with E-state index < -0.39 is 11.9 Å². The van der Waals surface area contributed by atoms with Crippen LogP contribution in [0.5, 0.6) is 11.5 Å². The van der Waals surface area contributed by atoms with Crippen molar-refractivity contribution >= 4 is 23.2 Å². The topological polar surface area (TPSA) is 89.0 Å². The van der Waals surface area contributed by atoms with Crippen molar-refractivity contribution < 1.29 is 24.2 Å². The van der Waals surface area contributed by atoms with Crippen molar-refractivity contribution in [2.75, 3.05) is 20.2 Å². The number of carbonyl (C=O) groups excluding carboxylic acids is 1. The Kier molecular flexibility index (Phi) is 5.18. The summed E-state index contributed by atoms with van der Waals surface area (Å²) in [5, 5.41) is 11.0. The zero-order valence-corrected chi connectivity index (χ0v) is 14.5. The Morgan fingerprint density at radius 2 is 2.24 bits per heavy atom. The number of aliphatic carboxylic acids is 1. The third kappa shape index (κ3) is 3.90. The second-order valence-corrected chi connectivity index (χ2v) is 6.43. The molecule has 8 heteroatoms. The van der Waals surface area contributed by atoms with Gasteiger partial charge in [-0.25, -0.2) is 4.98 Å². The molecule has 7 nitrogen and oxygen atoms in total. The molecule has 132 valence electrons. The van der Waals surface area contributed by atoms with Crippen LogP contribution in [-0.4, -0.2) is 47.1 Å². The maximum absolute atomic E-state index is 12.6. The molecule has 1 aromatic heterocycles. The third-order valence-corrected chi connectivity index (χ3v) is 4.73. The van der Waals surface area contributed by atoms with Crippen LogP contribution in [0.25, 0.3) is 0 Å². The van der Waals surface area contributed by atoms with Gasteiger partial charge in [-0.3, -0.25) is 9.59 Å². The van der Waals surface area contributed by atoms with Gasteiger partial charge in [0, 0.05) is 24.0 Å². The fourth-order valence-electron chi connectivity index (χ4n) is 2.71. The second kappa shape index (κ2) is 7.52. The molecule has 1 unspecified atom stereocenters. The predicted molar refractivity (Wildman–Crippen MR) is 91.1 cm³/mol. The lowest BCUT2D eigenvalue weighted by molar-refractivity contribution is -0.141. The first-order valence-corrected chi connectivity index (χ1v) is 8.72. The van der Waals surface area contributed by atoms with Crippen molar-refractivity contribution in [1.29, 1.82) is 0 Å². The molecule has 0 aliphatic carbocycles. The lowest BCUT2D eigenvalue weighted by atomic mass is 10.1. The number of benzene rings is 1. The summed E-state index contributed by atoms with van der Waals surface area (Å²) in [5.41, 5.74) is 3.01. The van der Waals surface area contributed by atoms with E-state index in [0.29, 0.717) is 36.6 Å². The first-order valence-electron chi connectivity index (χ1n) is 7.78. The maximum atomic E-state index is 12.6. The van der Waals surface area contributed by atoms with Gasteiger partial charge >= 0.3 is 5.97 Å². The molecule has 0 bridgehead atoms. The molecule has 1 amide bonds. The van der Waals surface area contributed by atoms with E-state index in [4.69, 9.17) is 14.6 Å². The quantitative estimate of drug-likeness (QED) is 0.848. The number of thiazole rings is 1. The zero-order valence-electron chi connectivity index (χ0n) is 13.7. The van der Waals surface area contributed by atoms with E-state index in [1.807, 2.05) is 5.38 Å². The molecule has 1 aliphatic rings. The number of rotatable bonds is 6. The predicted octanol–water partition coefficient (Wildman–Crippen LogP) is 2.28. The normalized spacial score (nSPS) is 16.7. The van der Waals surface area contributed by atoms with Gasteiger partial charge in [-0.15, -0.1) is 11.3 Å². The van der Waals surface area contributed by atoms with Gasteiger partial charge in [0.05, 0.1) is 24.2 Å². The highest BCUT2D eigenvalue weighted by Crippen LogP contribution is 2.30. The minimum absolute atomic E-state index is 0.201. The maximum Gasteiger partial charge on any atom is 0.308 e. The Morgan fingerprint density at radius 3 is 2.88 bits per heavy atom. The summed E-state index contributed by atoms with van der Waals surface area (Å²) >= 11 is 1.49. The largest absolute Gasteiger partial charge is 0.493 e. The Hall–Kier alpha value is -2.61. The SMILES string of the molecule is COc1cc(C(=O)N2CCC(C(=O)O)C2)ccc1OCc1cscn1. The van der Waals surface area contributed by atoms with Crippen LogP contribution in [0.4, 0.5) is 0 Å². The van der Waals surface area contributed by atoms with Crippen molar-refractivity contribution in [3.63, 3.8) is 0 Å². The first-order chi connectivity index (χ1) is 12.1. The van der Waals surface area contributed by atoms with E-state index in [0.717, 1.165) is 5.69 Å². The van der Waals surface area contributed by atoms with Crippen LogP contribution in [-0.2, 0) is 11.4 Å². The minimum Gasteiger partial charge on any atom is -0.493 e. The smallest absolute Gasteiger partial charge is 0.308 e. The summed E-state index contributed by atoms with van der Waals surface area (Å²) in [6.07, 6.45) is 0.479. The number of carboxylic acids is 1. The fraction of sp³-hybridized carbons (Fsp3) is 0.353. The molecule has 1 aromatic carbocycles. The molecule has 2 heterocycles. The number of carboxylic acid groups (broad SMARTS) is 1. The summed E-state index contributed by atoms with van der Waals surface area (Å²) in [5.74, 6) is -0.578. The molecule has 3 rings (SSSR count). The van der Waals surface area contributed by atoms with E-state index >= 15 is 0 Å². The lowest BCUT2D eigenvalue weighted by Gasteiger charge is -2.17. The van der Waals surface area contributed by atoms with Crippen molar-refractivity contribution in [3.8, 4) is 11.5 Å². The zero-order chi connectivity index (χ0) is 17.8. The lowest BCUT2D eigenvalue weighted by Crippen LogP contribution is -2.29. The summed E-state index contributed by atoms with van der Waals surface area (Å²) in [4.78, 5) is 29.3. The van der Waals surface area contributed by atoms with E-state index in [1.54, 1.807) is 28.6 Å². The van der Waals surface area contributed by atoms with Gasteiger partial charge in [-0.05, 0) is 24.6 Å². The highest BCUT2D eigenvalue weighted by molar-refractivity contribution is 7.07. The van der Waals surface area contributed by atoms with E-state index in [-0.39, 0.29) is 12.5 Å². The van der Waals surface area contributed by atoms with Crippen LogP contribution in [0.1, 0.15) is 22.5 Å². The van der Waals surface area contributed by atoms with Crippen LogP contribution >= 0.6 is 11.3 Å². The number of hydrogen-bond acceptors (Lipinski definition) is 6. The van der Waals surface area contributed by atoms with Crippen molar-refractivity contribution in [1.82, 2.24) is 9.88 Å². The average molecular weight is 362 g/mol. The van der Waals surface area contributed by atoms with Crippen molar-refractivity contribution in [2.24, 2.45) is 5.92 Å². The van der Waals surface area contributed by atoms with Crippen LogP contribution in [0.15, 0.2) is 29.1 Å². The molecule has 25 heavy (non-hydrogen) atoms. The third-order valence-electron chi connectivity index (χ3n) is 4.09. The fourth-order valence-corrected chi connectivity index (χ4v) is 3.25. The average Bonchev–Trinajstić information content (AvgIpc) is 3.30. The van der Waals surface area contributed by atoms with E-state index in [2.05, 4.69) is 4.98 Å². The number of likely N-dealkylation sites (tertiary alicyclic amines) is 1. The second-order valence-electron chi connectivity index (χ2n) is 5.71. The minimum atomic E-state index is -0.862. The van der Waals surface area contributed by atoms with E-state index in [1.165, 1.54) is 18.4 Å². The summed E-state index contributed by atoms with van der Waals surface area (Å²) in [6.45, 7) is 0.998. The highest BCUT2D eigenvalue weighted by Gasteiger charge is 2.31. The van der Waals surface area contributed by atoms with Gasteiger partial charge in [0.1, 0.15) is 6.61 Å². The highest BCUT2D eigenvalue weighted by atomic mass is 32.1. The van der Waals surface area contributed by atoms with Crippen molar-refractivity contribution in [2.45, 2.75) is 13.0 Å². The monoisotopic (exact) mass is 362 g/mol. The van der Waals surface area contributed by atoms with Crippen molar-refractivity contribution in [3.05, 3.63) is 40.3 Å². The number of hydrogen-bond donors (Lipinski definition) is 1. The summed E-state index contributed by atoms with van der Waals surface area (Å²) < 4.78 is 11.0. The number of nitrogens with zero attached hydrogens (tertiary/aromatic N) is 2. The first kappa shape index (κ1) is 17.2. The molecule has 0 radical (unpaired) electrons. The number of carbonyl (C=O) groups is 2. The Labute approximate surface area is 148 Å². The van der Waals surface area contributed by atoms with Gasteiger partial charge in [0.2, 0.25) is 0 Å². The van der Waals surface area contributed by atoms with Gasteiger partial charge in [-0.1, -0.05) is 0 Å². The van der Waals surface area contributed by atoms with Crippen LogP contribution in [0.3, 0.4) is 0 Å². The Morgan fingerprint density at radius 1 is 1.40 bits per heavy atom. The molecule has 1 aliphatic heterocycles. The molecule has 1 saturated heterocycles. The molecular formula is C17H18N2O5S. The van der Waals surface area contributed by atoms with Gasteiger partial charge in [-0.2, -0.15) is 0 Å². The molecule has 0 saturated carbocycles. The van der Waals surface area contributed by atoms with E-state index in [9.17, 15) is 9.59 Å². The van der Waals surface area contributed by atoms with Crippen LogP contribution in [0, 0.1) is 5.92 Å². The molecule has 1 N–H and O–H groups in total. The summed E-state index contributed by atoms with van der Waals surface area (Å²) in [6, 6.07) is 4.96. The van der Waals surface area contributed by atoms with Gasteiger partial charge in [0.15, 0.2) is 11.5 Å². The number of amides is 1. The van der Waals surface area contributed by atoms with Gasteiger partial charge < -0.3 is 19.5 Å². The van der Waals surface area contributed by atoms with Crippen LogP contribution < -0.4 is 9.47 Å². The van der Waals surface area contributed by atoms with Crippen LogP contribution in [0.2, 0.25) is 0 Å². The number of ether oxygens (including phenoxy) is 2. The number of methoxy groups -OCH3 is 1. The molecule has 0 spiro atoms. The number of aromatic nitrogens is 1. The molecule has 1 atom stereocenters. The molecule has 1 fully saturated rings. The van der Waals surface area contributed by atoms with Gasteiger partial charge in [0.25, 0.3) is 5.91 Å². The Bertz CT molecular complexity index is 762. The summed E-state index contributed by atoms with van der Waals surface area (Å²) in [7, 11) is 1.51. The molecule has 2 aromatic rings.